The normalized spacial score (nSPS) is 11.1. The smallest absolute Gasteiger partial charge is 0.261 e. The van der Waals surface area contributed by atoms with Crippen molar-refractivity contribution in [1.82, 2.24) is 0 Å². The fourth-order valence-corrected chi connectivity index (χ4v) is 1.91. The SMILES string of the molecule is CCOC(OCC)O[SiH2]CCCN=C=O. The molecule has 0 aromatic rings. The summed E-state index contributed by atoms with van der Waals surface area (Å²) in [6.07, 6.45) is 2.38. The number of rotatable bonds is 10. The molecule has 6 heteroatoms. The number of isocyanates is 1. The molecule has 0 aromatic carbocycles. The number of aliphatic imine (C=N–C) groups is 1. The quantitative estimate of drug-likeness (QED) is 0.182. The van der Waals surface area contributed by atoms with Gasteiger partial charge in [0.25, 0.3) is 6.48 Å². The first-order chi connectivity index (χ1) is 7.35. The van der Waals surface area contributed by atoms with Gasteiger partial charge < -0.3 is 13.9 Å². The van der Waals surface area contributed by atoms with Crippen LogP contribution in [-0.2, 0) is 18.7 Å². The molecule has 0 saturated heterocycles. The van der Waals surface area contributed by atoms with E-state index >= 15 is 0 Å². The first kappa shape index (κ1) is 14.5. The molecule has 0 radical (unpaired) electrons. The highest BCUT2D eigenvalue weighted by Crippen LogP contribution is 1.99. The summed E-state index contributed by atoms with van der Waals surface area (Å²) in [4.78, 5) is 13.2. The molecule has 0 aliphatic heterocycles. The van der Waals surface area contributed by atoms with Crippen LogP contribution in [0.4, 0.5) is 0 Å². The third-order valence-corrected chi connectivity index (χ3v) is 2.88. The van der Waals surface area contributed by atoms with Gasteiger partial charge in [-0.3, -0.25) is 0 Å². The third kappa shape index (κ3) is 9.77. The fraction of sp³-hybridized carbons (Fsp3) is 0.889. The Morgan fingerprint density at radius 1 is 1.33 bits per heavy atom. The summed E-state index contributed by atoms with van der Waals surface area (Å²) in [7, 11) is -0.645. The summed E-state index contributed by atoms with van der Waals surface area (Å²) in [5.41, 5.74) is 0. The molecule has 0 fully saturated rings. The largest absolute Gasteiger partial charge is 0.379 e. The van der Waals surface area contributed by atoms with E-state index < -0.39 is 16.2 Å². The van der Waals surface area contributed by atoms with Crippen LogP contribution in [0.2, 0.25) is 6.04 Å². The lowest BCUT2D eigenvalue weighted by atomic mass is 10.5. The summed E-state index contributed by atoms with van der Waals surface area (Å²) >= 11 is 0. The second kappa shape index (κ2) is 11.6. The first-order valence-corrected chi connectivity index (χ1v) is 6.81. The molecule has 0 spiro atoms. The average Bonchev–Trinajstić information content (AvgIpc) is 2.24. The van der Waals surface area contributed by atoms with E-state index in [1.54, 1.807) is 0 Å². The maximum Gasteiger partial charge on any atom is 0.261 e. The predicted molar refractivity (Wildman–Crippen MR) is 59.1 cm³/mol. The molecule has 0 aliphatic carbocycles. The van der Waals surface area contributed by atoms with Crippen LogP contribution in [0.25, 0.3) is 0 Å². The van der Waals surface area contributed by atoms with Crippen LogP contribution < -0.4 is 0 Å². The lowest BCUT2D eigenvalue weighted by molar-refractivity contribution is -0.243. The lowest BCUT2D eigenvalue weighted by Crippen LogP contribution is -2.23. The molecule has 88 valence electrons. The van der Waals surface area contributed by atoms with E-state index in [-0.39, 0.29) is 0 Å². The van der Waals surface area contributed by atoms with Crippen LogP contribution in [0.5, 0.6) is 0 Å². The zero-order chi connectivity index (χ0) is 11.4. The van der Waals surface area contributed by atoms with E-state index in [4.69, 9.17) is 13.9 Å². The van der Waals surface area contributed by atoms with Crippen molar-refractivity contribution in [3.05, 3.63) is 0 Å². The van der Waals surface area contributed by atoms with Gasteiger partial charge in [0.15, 0.2) is 9.76 Å². The lowest BCUT2D eigenvalue weighted by Gasteiger charge is -2.17. The molecule has 15 heavy (non-hydrogen) atoms. The van der Waals surface area contributed by atoms with Crippen LogP contribution in [-0.4, -0.2) is 42.1 Å². The summed E-state index contributed by atoms with van der Waals surface area (Å²) in [6.45, 7) is 4.98. The average molecular weight is 233 g/mol. The van der Waals surface area contributed by atoms with Crippen molar-refractivity contribution in [2.75, 3.05) is 19.8 Å². The Morgan fingerprint density at radius 3 is 2.53 bits per heavy atom. The van der Waals surface area contributed by atoms with Crippen LogP contribution >= 0.6 is 0 Å². The van der Waals surface area contributed by atoms with Gasteiger partial charge in [0.05, 0.1) is 6.54 Å². The maximum atomic E-state index is 9.76. The molecule has 0 heterocycles. The van der Waals surface area contributed by atoms with Gasteiger partial charge in [-0.1, -0.05) is 0 Å². The Labute approximate surface area is 92.8 Å². The molecule has 0 N–H and O–H groups in total. The van der Waals surface area contributed by atoms with Crippen LogP contribution in [0.15, 0.2) is 4.99 Å². The Balaban J connectivity index is 3.39. The van der Waals surface area contributed by atoms with E-state index in [1.807, 2.05) is 13.8 Å². The summed E-state index contributed by atoms with van der Waals surface area (Å²) in [5.74, 6) is 0. The Bertz CT molecular complexity index is 179. The summed E-state index contributed by atoms with van der Waals surface area (Å²) in [6, 6.07) is 0.960. The maximum absolute atomic E-state index is 9.76. The first-order valence-electron chi connectivity index (χ1n) is 5.23. The number of ether oxygens (including phenoxy) is 2. The van der Waals surface area contributed by atoms with Crippen molar-refractivity contribution in [3.8, 4) is 0 Å². The molecule has 5 nitrogen and oxygen atoms in total. The molecule has 0 atom stereocenters. The van der Waals surface area contributed by atoms with Crippen molar-refractivity contribution >= 4 is 15.8 Å². The van der Waals surface area contributed by atoms with E-state index in [1.165, 1.54) is 6.08 Å². The topological polar surface area (TPSA) is 57.1 Å². The van der Waals surface area contributed by atoms with Crippen LogP contribution in [0.3, 0.4) is 0 Å². The zero-order valence-electron chi connectivity index (χ0n) is 9.40. The van der Waals surface area contributed by atoms with E-state index in [9.17, 15) is 4.79 Å². The second-order valence-corrected chi connectivity index (χ2v) is 4.20. The number of carbonyl (C=O) groups excluding carboxylic acids is 1. The molecule has 0 unspecified atom stereocenters. The van der Waals surface area contributed by atoms with Gasteiger partial charge in [0, 0.05) is 13.2 Å². The highest BCUT2D eigenvalue weighted by molar-refractivity contribution is 6.27. The molecular weight excluding hydrogens is 214 g/mol. The van der Waals surface area contributed by atoms with E-state index in [2.05, 4.69) is 4.99 Å². The van der Waals surface area contributed by atoms with Crippen molar-refractivity contribution in [2.24, 2.45) is 4.99 Å². The monoisotopic (exact) mass is 233 g/mol. The van der Waals surface area contributed by atoms with Gasteiger partial charge in [-0.05, 0) is 26.3 Å². The van der Waals surface area contributed by atoms with Crippen molar-refractivity contribution in [2.45, 2.75) is 32.8 Å². The number of hydrogen-bond donors (Lipinski definition) is 0. The van der Waals surface area contributed by atoms with Gasteiger partial charge in [-0.2, -0.15) is 0 Å². The van der Waals surface area contributed by atoms with Crippen LogP contribution in [0, 0.1) is 0 Å². The minimum absolute atomic E-state index is 0.513. The van der Waals surface area contributed by atoms with Crippen molar-refractivity contribution in [1.29, 1.82) is 0 Å². The van der Waals surface area contributed by atoms with E-state index in [0.29, 0.717) is 19.8 Å². The Hall–Kier alpha value is -0.523. The number of nitrogens with zero attached hydrogens (tertiary/aromatic N) is 1. The molecule has 0 aliphatic rings. The van der Waals surface area contributed by atoms with Crippen LogP contribution in [0.1, 0.15) is 20.3 Å². The minimum Gasteiger partial charge on any atom is -0.379 e. The molecule has 0 bridgehead atoms. The molecule has 0 amide bonds. The minimum atomic E-state index is -0.645. The third-order valence-electron chi connectivity index (χ3n) is 1.59. The van der Waals surface area contributed by atoms with Crippen molar-refractivity contribution in [3.63, 3.8) is 0 Å². The predicted octanol–water partition coefficient (Wildman–Crippen LogP) is 0.588. The molecular formula is C9H19NO4Si. The van der Waals surface area contributed by atoms with E-state index in [0.717, 1.165) is 12.5 Å². The molecule has 0 rings (SSSR count). The molecule has 0 saturated carbocycles. The Kier molecular flexibility index (Phi) is 11.1. The van der Waals surface area contributed by atoms with Gasteiger partial charge >= 0.3 is 0 Å². The van der Waals surface area contributed by atoms with Gasteiger partial charge in [-0.25, -0.2) is 9.79 Å². The van der Waals surface area contributed by atoms with Gasteiger partial charge in [0.2, 0.25) is 6.08 Å². The Morgan fingerprint density at radius 2 is 2.00 bits per heavy atom. The summed E-state index contributed by atoms with van der Waals surface area (Å²) < 4.78 is 15.9. The zero-order valence-corrected chi connectivity index (χ0v) is 10.8. The summed E-state index contributed by atoms with van der Waals surface area (Å²) in [5, 5.41) is 0. The molecule has 0 aromatic heterocycles. The fourth-order valence-electron chi connectivity index (χ4n) is 0.935. The second-order valence-electron chi connectivity index (χ2n) is 2.75. The van der Waals surface area contributed by atoms with Gasteiger partial charge in [-0.15, -0.1) is 0 Å². The van der Waals surface area contributed by atoms with Gasteiger partial charge in [0.1, 0.15) is 0 Å². The number of hydrogen-bond acceptors (Lipinski definition) is 5. The van der Waals surface area contributed by atoms with Crippen molar-refractivity contribution < 1.29 is 18.7 Å². The highest BCUT2D eigenvalue weighted by atomic mass is 28.2. The highest BCUT2D eigenvalue weighted by Gasteiger charge is 2.06. The standard InChI is InChI=1S/C9H19NO4Si/c1-3-12-9(13-4-2)14-15-7-5-6-10-8-11/h9H,3-7,15H2,1-2H3.